The van der Waals surface area contributed by atoms with Crippen molar-refractivity contribution in [3.05, 3.63) is 29.8 Å². The standard InChI is InChI=1S/C17H26N2O2/c1-4-6-7-14(5-2)12-18-16(20)17(21)19-15-10-8-13(3)9-11-15/h8-11,14H,4-7,12H2,1-3H3,(H,18,20)(H,19,21). The van der Waals surface area contributed by atoms with Crippen LogP contribution in [0, 0.1) is 12.8 Å². The van der Waals surface area contributed by atoms with E-state index in [0.29, 0.717) is 18.2 Å². The molecule has 0 radical (unpaired) electrons. The first-order valence-corrected chi connectivity index (χ1v) is 7.72. The van der Waals surface area contributed by atoms with Gasteiger partial charge in [-0.15, -0.1) is 0 Å². The van der Waals surface area contributed by atoms with Gasteiger partial charge in [-0.05, 0) is 31.4 Å². The number of nitrogens with one attached hydrogen (secondary N) is 2. The Morgan fingerprint density at radius 2 is 1.76 bits per heavy atom. The molecule has 4 nitrogen and oxygen atoms in total. The second-order valence-electron chi connectivity index (χ2n) is 5.45. The molecule has 116 valence electrons. The van der Waals surface area contributed by atoms with Crippen LogP contribution in [0.15, 0.2) is 24.3 Å². The summed E-state index contributed by atoms with van der Waals surface area (Å²) in [5.74, 6) is -0.726. The molecule has 0 aromatic heterocycles. The average molecular weight is 290 g/mol. The van der Waals surface area contributed by atoms with E-state index in [4.69, 9.17) is 0 Å². The minimum absolute atomic E-state index is 0.445. The molecular formula is C17H26N2O2. The fourth-order valence-corrected chi connectivity index (χ4v) is 2.09. The summed E-state index contributed by atoms with van der Waals surface area (Å²) >= 11 is 0. The number of benzene rings is 1. The lowest BCUT2D eigenvalue weighted by molar-refractivity contribution is -0.136. The molecule has 0 aliphatic rings. The quantitative estimate of drug-likeness (QED) is 0.757. The van der Waals surface area contributed by atoms with Gasteiger partial charge in [-0.2, -0.15) is 0 Å². The lowest BCUT2D eigenvalue weighted by Crippen LogP contribution is -2.38. The van der Waals surface area contributed by atoms with Crippen molar-refractivity contribution in [2.45, 2.75) is 46.5 Å². The smallest absolute Gasteiger partial charge is 0.313 e. The molecule has 0 bridgehead atoms. The highest BCUT2D eigenvalue weighted by Crippen LogP contribution is 2.11. The van der Waals surface area contributed by atoms with Crippen LogP contribution in [0.5, 0.6) is 0 Å². The zero-order valence-electron chi connectivity index (χ0n) is 13.2. The zero-order valence-corrected chi connectivity index (χ0v) is 13.2. The van der Waals surface area contributed by atoms with Gasteiger partial charge in [0.2, 0.25) is 0 Å². The Bertz CT molecular complexity index is 454. The van der Waals surface area contributed by atoms with E-state index >= 15 is 0 Å². The molecule has 0 fully saturated rings. The Labute approximate surface area is 127 Å². The molecule has 1 unspecified atom stereocenters. The predicted molar refractivity (Wildman–Crippen MR) is 86.1 cm³/mol. The molecule has 2 N–H and O–H groups in total. The third kappa shape index (κ3) is 6.43. The van der Waals surface area contributed by atoms with Crippen molar-refractivity contribution in [2.24, 2.45) is 5.92 Å². The summed E-state index contributed by atoms with van der Waals surface area (Å²) in [5.41, 5.74) is 1.75. The first-order valence-electron chi connectivity index (χ1n) is 7.72. The second kappa shape index (κ2) is 9.16. The Hall–Kier alpha value is -1.84. The van der Waals surface area contributed by atoms with Gasteiger partial charge < -0.3 is 10.6 Å². The van der Waals surface area contributed by atoms with Gasteiger partial charge in [0, 0.05) is 12.2 Å². The molecule has 0 saturated carbocycles. The number of unbranched alkanes of at least 4 members (excludes halogenated alkanes) is 1. The van der Waals surface area contributed by atoms with Gasteiger partial charge >= 0.3 is 11.8 Å². The van der Waals surface area contributed by atoms with Crippen molar-refractivity contribution in [2.75, 3.05) is 11.9 Å². The van der Waals surface area contributed by atoms with Gasteiger partial charge in [0.15, 0.2) is 0 Å². The largest absolute Gasteiger partial charge is 0.348 e. The Morgan fingerprint density at radius 1 is 1.10 bits per heavy atom. The van der Waals surface area contributed by atoms with Crippen molar-refractivity contribution in [3.63, 3.8) is 0 Å². The van der Waals surface area contributed by atoms with Crippen LogP contribution in [-0.4, -0.2) is 18.4 Å². The minimum atomic E-state index is -0.607. The highest BCUT2D eigenvalue weighted by molar-refractivity contribution is 6.39. The van der Waals surface area contributed by atoms with Gasteiger partial charge in [0.05, 0.1) is 0 Å². The minimum Gasteiger partial charge on any atom is -0.348 e. The van der Waals surface area contributed by atoms with E-state index < -0.39 is 11.8 Å². The van der Waals surface area contributed by atoms with Gasteiger partial charge in [0.25, 0.3) is 0 Å². The van der Waals surface area contributed by atoms with E-state index in [9.17, 15) is 9.59 Å². The SMILES string of the molecule is CCCCC(CC)CNC(=O)C(=O)Nc1ccc(C)cc1. The van der Waals surface area contributed by atoms with Crippen molar-refractivity contribution in [1.82, 2.24) is 5.32 Å². The maximum Gasteiger partial charge on any atom is 0.313 e. The Kier molecular flexibility index (Phi) is 7.51. The van der Waals surface area contributed by atoms with Crippen LogP contribution in [0.2, 0.25) is 0 Å². The van der Waals surface area contributed by atoms with Crippen LogP contribution in [0.3, 0.4) is 0 Å². The third-order valence-electron chi connectivity index (χ3n) is 3.61. The highest BCUT2D eigenvalue weighted by Gasteiger charge is 2.15. The number of amides is 2. The molecule has 1 aromatic rings. The van der Waals surface area contributed by atoms with E-state index in [1.807, 2.05) is 19.1 Å². The number of anilines is 1. The number of carbonyl (C=O) groups excluding carboxylic acids is 2. The van der Waals surface area contributed by atoms with Gasteiger partial charge in [0.1, 0.15) is 0 Å². The molecule has 0 aliphatic heterocycles. The lowest BCUT2D eigenvalue weighted by Gasteiger charge is -2.15. The Balaban J connectivity index is 2.40. The van der Waals surface area contributed by atoms with E-state index in [1.54, 1.807) is 12.1 Å². The van der Waals surface area contributed by atoms with Crippen molar-refractivity contribution in [3.8, 4) is 0 Å². The van der Waals surface area contributed by atoms with Crippen LogP contribution < -0.4 is 10.6 Å². The highest BCUT2D eigenvalue weighted by atomic mass is 16.2. The molecule has 4 heteroatoms. The van der Waals surface area contributed by atoms with Gasteiger partial charge in [-0.3, -0.25) is 9.59 Å². The van der Waals surface area contributed by atoms with Crippen LogP contribution in [0.1, 0.15) is 45.1 Å². The topological polar surface area (TPSA) is 58.2 Å². The first kappa shape index (κ1) is 17.2. The normalized spacial score (nSPS) is 11.8. The summed E-state index contributed by atoms with van der Waals surface area (Å²) in [6.45, 7) is 6.80. The summed E-state index contributed by atoms with van der Waals surface area (Å²) in [6, 6.07) is 7.37. The monoisotopic (exact) mass is 290 g/mol. The molecular weight excluding hydrogens is 264 g/mol. The molecule has 0 spiro atoms. The summed E-state index contributed by atoms with van der Waals surface area (Å²) in [5, 5.41) is 5.33. The predicted octanol–water partition coefficient (Wildman–Crippen LogP) is 3.27. The lowest BCUT2D eigenvalue weighted by atomic mass is 9.99. The van der Waals surface area contributed by atoms with E-state index in [1.165, 1.54) is 0 Å². The summed E-state index contributed by atoms with van der Waals surface area (Å²) < 4.78 is 0. The molecule has 1 rings (SSSR count). The number of aryl methyl sites for hydroxylation is 1. The summed E-state index contributed by atoms with van der Waals surface area (Å²) in [6.07, 6.45) is 4.41. The zero-order chi connectivity index (χ0) is 15.7. The van der Waals surface area contributed by atoms with Crippen molar-refractivity contribution >= 4 is 17.5 Å². The van der Waals surface area contributed by atoms with Gasteiger partial charge in [-0.1, -0.05) is 50.8 Å². The van der Waals surface area contributed by atoms with E-state index in [2.05, 4.69) is 24.5 Å². The second-order valence-corrected chi connectivity index (χ2v) is 5.45. The fraction of sp³-hybridized carbons (Fsp3) is 0.529. The van der Waals surface area contributed by atoms with Crippen molar-refractivity contribution in [1.29, 1.82) is 0 Å². The van der Waals surface area contributed by atoms with Crippen LogP contribution in [0.4, 0.5) is 5.69 Å². The van der Waals surface area contributed by atoms with Crippen LogP contribution in [0.25, 0.3) is 0 Å². The average Bonchev–Trinajstić information content (AvgIpc) is 2.49. The first-order chi connectivity index (χ1) is 10.1. The molecule has 0 heterocycles. The summed E-state index contributed by atoms with van der Waals surface area (Å²) in [4.78, 5) is 23.6. The maximum absolute atomic E-state index is 11.8. The number of hydrogen-bond donors (Lipinski definition) is 2. The molecule has 0 saturated heterocycles. The van der Waals surface area contributed by atoms with Crippen molar-refractivity contribution < 1.29 is 9.59 Å². The Morgan fingerprint density at radius 3 is 2.33 bits per heavy atom. The number of carbonyl (C=O) groups is 2. The van der Waals surface area contributed by atoms with E-state index in [-0.39, 0.29) is 0 Å². The van der Waals surface area contributed by atoms with Gasteiger partial charge in [-0.25, -0.2) is 0 Å². The summed E-state index contributed by atoms with van der Waals surface area (Å²) in [7, 11) is 0. The third-order valence-corrected chi connectivity index (χ3v) is 3.61. The fourth-order valence-electron chi connectivity index (χ4n) is 2.09. The molecule has 21 heavy (non-hydrogen) atoms. The van der Waals surface area contributed by atoms with Crippen LogP contribution >= 0.6 is 0 Å². The van der Waals surface area contributed by atoms with E-state index in [0.717, 1.165) is 31.2 Å². The van der Waals surface area contributed by atoms with Crippen LogP contribution in [-0.2, 0) is 9.59 Å². The molecule has 2 amide bonds. The maximum atomic E-state index is 11.8. The number of hydrogen-bond acceptors (Lipinski definition) is 2. The number of rotatable bonds is 7. The molecule has 0 aliphatic carbocycles. The molecule has 1 aromatic carbocycles. The molecule has 1 atom stereocenters.